The lowest BCUT2D eigenvalue weighted by atomic mass is 10.2. The molecule has 0 aliphatic carbocycles. The van der Waals surface area contributed by atoms with Crippen LogP contribution in [0.3, 0.4) is 0 Å². The van der Waals surface area contributed by atoms with E-state index in [-0.39, 0.29) is 11.8 Å². The van der Waals surface area contributed by atoms with Crippen molar-refractivity contribution in [2.24, 2.45) is 0 Å². The lowest BCUT2D eigenvalue weighted by Crippen LogP contribution is -2.35. The molecule has 21 heavy (non-hydrogen) atoms. The molecule has 1 N–H and O–H groups in total. The Kier molecular flexibility index (Phi) is 3.64. The molecule has 1 aromatic heterocycles. The monoisotopic (exact) mass is 285 g/mol. The zero-order valence-corrected chi connectivity index (χ0v) is 12.1. The second kappa shape index (κ2) is 5.60. The molecule has 0 atom stereocenters. The molecule has 2 aromatic rings. The number of carbonyl (C=O) groups excluding carboxylic acids is 2. The molecule has 0 bridgehead atoms. The summed E-state index contributed by atoms with van der Waals surface area (Å²) in [5.74, 6) is 0.0985. The van der Waals surface area contributed by atoms with Gasteiger partial charge >= 0.3 is 0 Å². The van der Waals surface area contributed by atoms with Gasteiger partial charge in [0.05, 0.1) is 0 Å². The Balaban J connectivity index is 1.79. The van der Waals surface area contributed by atoms with E-state index in [9.17, 15) is 9.59 Å². The molecule has 3 rings (SSSR count). The summed E-state index contributed by atoms with van der Waals surface area (Å²) in [7, 11) is 0. The van der Waals surface area contributed by atoms with Gasteiger partial charge in [-0.25, -0.2) is 0 Å². The Bertz CT molecular complexity index is 644. The van der Waals surface area contributed by atoms with Crippen molar-refractivity contribution < 1.29 is 9.59 Å². The third-order valence-electron chi connectivity index (χ3n) is 4.02. The van der Waals surface area contributed by atoms with Crippen LogP contribution in [-0.4, -0.2) is 52.8 Å². The highest BCUT2D eigenvalue weighted by molar-refractivity contribution is 5.98. The maximum atomic E-state index is 12.6. The van der Waals surface area contributed by atoms with Crippen LogP contribution in [0.25, 0.3) is 10.9 Å². The zero-order chi connectivity index (χ0) is 14.8. The van der Waals surface area contributed by atoms with E-state index in [1.54, 1.807) is 9.80 Å². The van der Waals surface area contributed by atoms with E-state index in [0.717, 1.165) is 10.9 Å². The molecule has 0 saturated carbocycles. The predicted octanol–water partition coefficient (Wildman–Crippen LogP) is 1.86. The van der Waals surface area contributed by atoms with Crippen LogP contribution in [0.1, 0.15) is 23.8 Å². The molecule has 1 aromatic carbocycles. The van der Waals surface area contributed by atoms with E-state index in [1.165, 1.54) is 0 Å². The summed E-state index contributed by atoms with van der Waals surface area (Å²) >= 11 is 0. The van der Waals surface area contributed by atoms with Gasteiger partial charge in [-0.1, -0.05) is 18.2 Å². The minimum atomic E-state index is -0.0306. The van der Waals surface area contributed by atoms with E-state index >= 15 is 0 Å². The first-order valence-corrected chi connectivity index (χ1v) is 7.34. The number of amides is 2. The number of para-hydroxylation sites is 1. The SMILES string of the molecule is CCN1CCN(C(=O)c2cc3ccccc3[nH]2)CCC1=O. The Morgan fingerprint density at radius 2 is 2.05 bits per heavy atom. The normalized spacial score (nSPS) is 16.3. The van der Waals surface area contributed by atoms with Gasteiger partial charge in [0, 0.05) is 43.5 Å². The van der Waals surface area contributed by atoms with E-state index in [1.807, 2.05) is 37.3 Å². The summed E-state index contributed by atoms with van der Waals surface area (Å²) in [5.41, 5.74) is 1.55. The number of benzene rings is 1. The number of carbonyl (C=O) groups is 2. The number of hydrogen-bond donors (Lipinski definition) is 1. The summed E-state index contributed by atoms with van der Waals surface area (Å²) in [4.78, 5) is 31.2. The van der Waals surface area contributed by atoms with Crippen LogP contribution < -0.4 is 0 Å². The van der Waals surface area contributed by atoms with E-state index in [0.29, 0.717) is 38.3 Å². The highest BCUT2D eigenvalue weighted by atomic mass is 16.2. The molecule has 110 valence electrons. The van der Waals surface area contributed by atoms with E-state index in [4.69, 9.17) is 0 Å². The van der Waals surface area contributed by atoms with Crippen molar-refractivity contribution in [1.82, 2.24) is 14.8 Å². The van der Waals surface area contributed by atoms with Crippen LogP contribution in [0.5, 0.6) is 0 Å². The summed E-state index contributed by atoms with van der Waals surface area (Å²) in [5, 5.41) is 1.03. The third-order valence-corrected chi connectivity index (χ3v) is 4.02. The van der Waals surface area contributed by atoms with Crippen molar-refractivity contribution in [3.8, 4) is 0 Å². The van der Waals surface area contributed by atoms with Crippen LogP contribution in [0.2, 0.25) is 0 Å². The predicted molar refractivity (Wildman–Crippen MR) is 81.1 cm³/mol. The van der Waals surface area contributed by atoms with Crippen molar-refractivity contribution in [3.63, 3.8) is 0 Å². The van der Waals surface area contributed by atoms with E-state index in [2.05, 4.69) is 4.98 Å². The van der Waals surface area contributed by atoms with Crippen molar-refractivity contribution in [3.05, 3.63) is 36.0 Å². The van der Waals surface area contributed by atoms with Crippen LogP contribution in [0.4, 0.5) is 0 Å². The van der Waals surface area contributed by atoms with Crippen LogP contribution in [-0.2, 0) is 4.79 Å². The number of H-pyrrole nitrogens is 1. The van der Waals surface area contributed by atoms with Crippen molar-refractivity contribution >= 4 is 22.7 Å². The van der Waals surface area contributed by atoms with Gasteiger partial charge in [-0.15, -0.1) is 0 Å². The Morgan fingerprint density at radius 3 is 2.81 bits per heavy atom. The van der Waals surface area contributed by atoms with Gasteiger partial charge in [0.25, 0.3) is 5.91 Å². The Labute approximate surface area is 123 Å². The topological polar surface area (TPSA) is 56.4 Å². The van der Waals surface area contributed by atoms with Crippen LogP contribution in [0, 0.1) is 0 Å². The fraction of sp³-hybridized carbons (Fsp3) is 0.375. The second-order valence-corrected chi connectivity index (χ2v) is 5.29. The number of rotatable bonds is 2. The van der Waals surface area contributed by atoms with Crippen LogP contribution >= 0.6 is 0 Å². The molecule has 0 spiro atoms. The summed E-state index contributed by atoms with van der Waals surface area (Å²) < 4.78 is 0. The summed E-state index contributed by atoms with van der Waals surface area (Å²) in [6.45, 7) is 4.36. The van der Waals surface area contributed by atoms with Gasteiger partial charge in [-0.05, 0) is 19.1 Å². The fourth-order valence-corrected chi connectivity index (χ4v) is 2.76. The lowest BCUT2D eigenvalue weighted by Gasteiger charge is -2.20. The lowest BCUT2D eigenvalue weighted by molar-refractivity contribution is -0.130. The molecule has 1 aliphatic rings. The molecular weight excluding hydrogens is 266 g/mol. The third kappa shape index (κ3) is 2.63. The second-order valence-electron chi connectivity index (χ2n) is 5.29. The molecule has 1 saturated heterocycles. The highest BCUT2D eigenvalue weighted by Crippen LogP contribution is 2.17. The quantitative estimate of drug-likeness (QED) is 0.915. The summed E-state index contributed by atoms with van der Waals surface area (Å²) in [6, 6.07) is 9.71. The minimum absolute atomic E-state index is 0.0306. The number of aromatic amines is 1. The van der Waals surface area contributed by atoms with Gasteiger partial charge in [0.15, 0.2) is 0 Å². The molecule has 1 aliphatic heterocycles. The van der Waals surface area contributed by atoms with Crippen molar-refractivity contribution in [1.29, 1.82) is 0 Å². The maximum absolute atomic E-state index is 12.6. The largest absolute Gasteiger partial charge is 0.351 e. The number of likely N-dealkylation sites (N-methyl/N-ethyl adjacent to an activating group) is 1. The van der Waals surface area contributed by atoms with E-state index < -0.39 is 0 Å². The zero-order valence-electron chi connectivity index (χ0n) is 12.1. The minimum Gasteiger partial charge on any atom is -0.351 e. The molecule has 5 heteroatoms. The molecule has 0 unspecified atom stereocenters. The van der Waals surface area contributed by atoms with Gasteiger partial charge in [-0.2, -0.15) is 0 Å². The summed E-state index contributed by atoms with van der Waals surface area (Å²) in [6.07, 6.45) is 0.403. The molecule has 1 fully saturated rings. The van der Waals surface area contributed by atoms with Crippen molar-refractivity contribution in [2.75, 3.05) is 26.2 Å². The number of hydrogen-bond acceptors (Lipinski definition) is 2. The standard InChI is InChI=1S/C16H19N3O2/c1-2-18-9-10-19(8-7-15(18)20)16(21)14-11-12-5-3-4-6-13(12)17-14/h3-6,11,17H,2,7-10H2,1H3. The first-order chi connectivity index (χ1) is 10.2. The molecule has 5 nitrogen and oxygen atoms in total. The molecule has 2 amide bonds. The van der Waals surface area contributed by atoms with Gasteiger partial charge < -0.3 is 14.8 Å². The smallest absolute Gasteiger partial charge is 0.270 e. The maximum Gasteiger partial charge on any atom is 0.270 e. The molecule has 2 heterocycles. The average Bonchev–Trinajstić information content (AvgIpc) is 2.84. The number of fused-ring (bicyclic) bond motifs is 1. The van der Waals surface area contributed by atoms with Gasteiger partial charge in [0.2, 0.25) is 5.91 Å². The number of nitrogens with zero attached hydrogens (tertiary/aromatic N) is 2. The average molecular weight is 285 g/mol. The number of aromatic nitrogens is 1. The molecular formula is C16H19N3O2. The number of nitrogens with one attached hydrogen (secondary N) is 1. The first-order valence-electron chi connectivity index (χ1n) is 7.34. The van der Waals surface area contributed by atoms with Crippen LogP contribution in [0.15, 0.2) is 30.3 Å². The molecule has 0 radical (unpaired) electrons. The highest BCUT2D eigenvalue weighted by Gasteiger charge is 2.24. The van der Waals surface area contributed by atoms with Crippen molar-refractivity contribution in [2.45, 2.75) is 13.3 Å². The fourth-order valence-electron chi connectivity index (χ4n) is 2.76. The Morgan fingerprint density at radius 1 is 1.24 bits per heavy atom. The Hall–Kier alpha value is -2.30. The van der Waals surface area contributed by atoms with Gasteiger partial charge in [0.1, 0.15) is 5.69 Å². The van der Waals surface area contributed by atoms with Gasteiger partial charge in [-0.3, -0.25) is 9.59 Å². The first kappa shape index (κ1) is 13.7.